The van der Waals surface area contributed by atoms with Gasteiger partial charge >= 0.3 is 0 Å². The maximum Gasteiger partial charge on any atom is 0.240 e. The SMILES string of the molecule is CC(C)N1C(=O)CCC1C(N)=O. The summed E-state index contributed by atoms with van der Waals surface area (Å²) in [7, 11) is 0. The third kappa shape index (κ3) is 1.42. The quantitative estimate of drug-likeness (QED) is 0.627. The second-order valence-electron chi connectivity index (χ2n) is 3.35. The zero-order chi connectivity index (χ0) is 9.30. The monoisotopic (exact) mass is 170 g/mol. The highest BCUT2D eigenvalue weighted by Gasteiger charge is 2.35. The number of carbonyl (C=O) groups is 2. The van der Waals surface area contributed by atoms with E-state index >= 15 is 0 Å². The maximum absolute atomic E-state index is 11.2. The predicted octanol–water partition coefficient (Wildman–Crippen LogP) is -0.129. The molecule has 68 valence electrons. The lowest BCUT2D eigenvalue weighted by atomic mass is 10.2. The van der Waals surface area contributed by atoms with E-state index in [1.165, 1.54) is 0 Å². The molecule has 1 rings (SSSR count). The van der Waals surface area contributed by atoms with Gasteiger partial charge in [-0.15, -0.1) is 0 Å². The molecule has 1 unspecified atom stereocenters. The molecule has 1 aliphatic heterocycles. The molecule has 1 atom stereocenters. The van der Waals surface area contributed by atoms with E-state index in [1.54, 1.807) is 4.90 Å². The van der Waals surface area contributed by atoms with Crippen molar-refractivity contribution in [2.24, 2.45) is 5.73 Å². The van der Waals surface area contributed by atoms with Gasteiger partial charge < -0.3 is 10.6 Å². The number of primary amides is 1. The second kappa shape index (κ2) is 3.13. The molecule has 0 aromatic heterocycles. The first-order valence-electron chi connectivity index (χ1n) is 4.14. The van der Waals surface area contributed by atoms with Crippen molar-refractivity contribution in [2.45, 2.75) is 38.8 Å². The Kier molecular flexibility index (Phi) is 2.35. The number of carbonyl (C=O) groups excluding carboxylic acids is 2. The molecule has 12 heavy (non-hydrogen) atoms. The molecule has 1 fully saturated rings. The highest BCUT2D eigenvalue weighted by Crippen LogP contribution is 2.20. The molecule has 0 aliphatic carbocycles. The van der Waals surface area contributed by atoms with Gasteiger partial charge in [-0.25, -0.2) is 0 Å². The second-order valence-corrected chi connectivity index (χ2v) is 3.35. The summed E-state index contributed by atoms with van der Waals surface area (Å²) >= 11 is 0. The van der Waals surface area contributed by atoms with Crippen molar-refractivity contribution in [3.05, 3.63) is 0 Å². The molecule has 0 aromatic carbocycles. The summed E-state index contributed by atoms with van der Waals surface area (Å²) < 4.78 is 0. The Morgan fingerprint density at radius 2 is 2.25 bits per heavy atom. The summed E-state index contributed by atoms with van der Waals surface area (Å²) in [5, 5.41) is 0. The molecule has 0 saturated carbocycles. The smallest absolute Gasteiger partial charge is 0.240 e. The molecule has 0 radical (unpaired) electrons. The van der Waals surface area contributed by atoms with Crippen molar-refractivity contribution < 1.29 is 9.59 Å². The molecule has 2 amide bonds. The minimum Gasteiger partial charge on any atom is -0.368 e. The van der Waals surface area contributed by atoms with Crippen LogP contribution in [0.3, 0.4) is 0 Å². The minimum absolute atomic E-state index is 0.0359. The Morgan fingerprint density at radius 3 is 2.58 bits per heavy atom. The van der Waals surface area contributed by atoms with Crippen LogP contribution in [0.15, 0.2) is 0 Å². The van der Waals surface area contributed by atoms with Gasteiger partial charge in [0.25, 0.3) is 0 Å². The number of hydrogen-bond acceptors (Lipinski definition) is 2. The van der Waals surface area contributed by atoms with Crippen LogP contribution in [0.1, 0.15) is 26.7 Å². The van der Waals surface area contributed by atoms with Gasteiger partial charge in [0.15, 0.2) is 0 Å². The van der Waals surface area contributed by atoms with E-state index in [2.05, 4.69) is 0 Å². The van der Waals surface area contributed by atoms with E-state index in [-0.39, 0.29) is 18.0 Å². The summed E-state index contributed by atoms with van der Waals surface area (Å²) in [6, 6.07) is -0.310. The molecular formula is C8H14N2O2. The molecule has 4 nitrogen and oxygen atoms in total. The van der Waals surface area contributed by atoms with Crippen LogP contribution in [0.5, 0.6) is 0 Å². The Balaban J connectivity index is 2.77. The molecule has 0 bridgehead atoms. The fourth-order valence-electron chi connectivity index (χ4n) is 1.63. The number of likely N-dealkylation sites (tertiary alicyclic amines) is 1. The molecular weight excluding hydrogens is 156 g/mol. The predicted molar refractivity (Wildman–Crippen MR) is 44.2 cm³/mol. The van der Waals surface area contributed by atoms with Crippen LogP contribution in [-0.2, 0) is 9.59 Å². The zero-order valence-corrected chi connectivity index (χ0v) is 7.41. The van der Waals surface area contributed by atoms with Crippen molar-refractivity contribution in [1.82, 2.24) is 4.90 Å². The summed E-state index contributed by atoms with van der Waals surface area (Å²) in [6.07, 6.45) is 1.03. The van der Waals surface area contributed by atoms with Crippen molar-refractivity contribution in [1.29, 1.82) is 0 Å². The Morgan fingerprint density at radius 1 is 1.67 bits per heavy atom. The average Bonchev–Trinajstić information content (AvgIpc) is 2.30. The Labute approximate surface area is 71.7 Å². The van der Waals surface area contributed by atoms with Crippen LogP contribution in [0.25, 0.3) is 0 Å². The van der Waals surface area contributed by atoms with Crippen molar-refractivity contribution >= 4 is 11.8 Å². The normalized spacial score (nSPS) is 23.8. The summed E-state index contributed by atoms with van der Waals surface area (Å²) in [6.45, 7) is 3.78. The number of amides is 2. The van der Waals surface area contributed by atoms with Crippen molar-refractivity contribution in [3.63, 3.8) is 0 Å². The van der Waals surface area contributed by atoms with Gasteiger partial charge in [-0.1, -0.05) is 0 Å². The number of hydrogen-bond donors (Lipinski definition) is 1. The molecule has 4 heteroatoms. The van der Waals surface area contributed by atoms with Gasteiger partial charge in [-0.3, -0.25) is 9.59 Å². The van der Waals surface area contributed by atoms with Crippen LogP contribution < -0.4 is 5.73 Å². The van der Waals surface area contributed by atoms with E-state index in [4.69, 9.17) is 5.73 Å². The highest BCUT2D eigenvalue weighted by atomic mass is 16.2. The van der Waals surface area contributed by atoms with Gasteiger partial charge in [-0.05, 0) is 20.3 Å². The first-order chi connectivity index (χ1) is 5.54. The lowest BCUT2D eigenvalue weighted by Gasteiger charge is -2.26. The van der Waals surface area contributed by atoms with Crippen LogP contribution in [0.2, 0.25) is 0 Å². The Hall–Kier alpha value is -1.06. The molecule has 0 spiro atoms. The van der Waals surface area contributed by atoms with E-state index < -0.39 is 5.91 Å². The maximum atomic E-state index is 11.2. The number of nitrogens with two attached hydrogens (primary N) is 1. The average molecular weight is 170 g/mol. The molecule has 2 N–H and O–H groups in total. The lowest BCUT2D eigenvalue weighted by Crippen LogP contribution is -2.45. The van der Waals surface area contributed by atoms with Gasteiger partial charge in [0.2, 0.25) is 11.8 Å². The summed E-state index contributed by atoms with van der Waals surface area (Å²) in [5.41, 5.74) is 5.16. The number of nitrogens with zero attached hydrogens (tertiary/aromatic N) is 1. The standard InChI is InChI=1S/C8H14N2O2/c1-5(2)10-6(8(9)12)3-4-7(10)11/h5-6H,3-4H2,1-2H3,(H2,9,12). The van der Waals surface area contributed by atoms with E-state index in [1.807, 2.05) is 13.8 Å². The highest BCUT2D eigenvalue weighted by molar-refractivity contribution is 5.90. The lowest BCUT2D eigenvalue weighted by molar-refractivity contribution is -0.135. The molecule has 1 saturated heterocycles. The van der Waals surface area contributed by atoms with E-state index in [0.717, 1.165) is 0 Å². The van der Waals surface area contributed by atoms with Crippen LogP contribution in [0.4, 0.5) is 0 Å². The fourth-order valence-corrected chi connectivity index (χ4v) is 1.63. The topological polar surface area (TPSA) is 63.4 Å². The first kappa shape index (κ1) is 9.03. The number of rotatable bonds is 2. The van der Waals surface area contributed by atoms with E-state index in [0.29, 0.717) is 12.8 Å². The van der Waals surface area contributed by atoms with Gasteiger partial charge in [0.1, 0.15) is 6.04 Å². The molecule has 1 heterocycles. The van der Waals surface area contributed by atoms with Gasteiger partial charge in [0, 0.05) is 12.5 Å². The molecule has 1 aliphatic rings. The fraction of sp³-hybridized carbons (Fsp3) is 0.750. The van der Waals surface area contributed by atoms with Crippen molar-refractivity contribution in [3.8, 4) is 0 Å². The van der Waals surface area contributed by atoms with Crippen molar-refractivity contribution in [2.75, 3.05) is 0 Å². The Bertz CT molecular complexity index is 213. The zero-order valence-electron chi connectivity index (χ0n) is 7.41. The summed E-state index contributed by atoms with van der Waals surface area (Å²) in [4.78, 5) is 23.7. The molecule has 0 aromatic rings. The van der Waals surface area contributed by atoms with Gasteiger partial charge in [0.05, 0.1) is 0 Å². The largest absolute Gasteiger partial charge is 0.368 e. The van der Waals surface area contributed by atoms with E-state index in [9.17, 15) is 9.59 Å². The first-order valence-corrected chi connectivity index (χ1v) is 4.14. The summed E-state index contributed by atoms with van der Waals surface area (Å²) in [5.74, 6) is -0.358. The van der Waals surface area contributed by atoms with Gasteiger partial charge in [-0.2, -0.15) is 0 Å². The third-order valence-corrected chi connectivity index (χ3v) is 2.14. The third-order valence-electron chi connectivity index (χ3n) is 2.14. The van der Waals surface area contributed by atoms with Crippen LogP contribution >= 0.6 is 0 Å². The van der Waals surface area contributed by atoms with Crippen LogP contribution in [0, 0.1) is 0 Å². The van der Waals surface area contributed by atoms with Crippen LogP contribution in [-0.4, -0.2) is 28.8 Å². The minimum atomic E-state index is -0.394.